The van der Waals surface area contributed by atoms with Gasteiger partial charge in [0.1, 0.15) is 0 Å². The topological polar surface area (TPSA) is 41.5 Å². The maximum atomic E-state index is 9.58. The first kappa shape index (κ1) is 10.8. The summed E-state index contributed by atoms with van der Waals surface area (Å²) in [5.41, 5.74) is 1.04. The molecule has 2 N–H and O–H groups in total. The Labute approximate surface area is 93.8 Å². The molecule has 1 fully saturated rings. The number of benzene rings is 1. The molecule has 15 heavy (non-hydrogen) atoms. The lowest BCUT2D eigenvalue weighted by atomic mass is 10.2. The highest BCUT2D eigenvalue weighted by atomic mass is 32.2. The third-order valence-electron chi connectivity index (χ3n) is 2.47. The summed E-state index contributed by atoms with van der Waals surface area (Å²) in [4.78, 5) is 1.22. The molecule has 1 aliphatic rings. The van der Waals surface area contributed by atoms with Crippen molar-refractivity contribution in [2.45, 2.75) is 17.0 Å². The highest BCUT2D eigenvalue weighted by Crippen LogP contribution is 2.21. The van der Waals surface area contributed by atoms with Crippen LogP contribution in [0.2, 0.25) is 0 Å². The van der Waals surface area contributed by atoms with E-state index in [9.17, 15) is 5.11 Å². The van der Waals surface area contributed by atoms with E-state index in [1.807, 2.05) is 18.4 Å². The molecule has 1 aliphatic heterocycles. The maximum Gasteiger partial charge on any atom is 0.0996 e. The van der Waals surface area contributed by atoms with Gasteiger partial charge in [-0.05, 0) is 24.5 Å². The summed E-state index contributed by atoms with van der Waals surface area (Å²) in [7, 11) is 0. The molecule has 0 aliphatic carbocycles. The number of thioether (sulfide) groups is 1. The summed E-state index contributed by atoms with van der Waals surface area (Å²) in [5, 5.41) is 12.9. The molecule has 1 aromatic rings. The van der Waals surface area contributed by atoms with E-state index >= 15 is 0 Å². The fraction of sp³-hybridized carbons (Fsp3) is 0.455. The van der Waals surface area contributed by atoms with Crippen LogP contribution in [0.15, 0.2) is 29.2 Å². The van der Waals surface area contributed by atoms with Crippen LogP contribution in [0.5, 0.6) is 0 Å². The number of hydrogen-bond acceptors (Lipinski definition) is 4. The van der Waals surface area contributed by atoms with Crippen molar-refractivity contribution in [2.24, 2.45) is 0 Å². The monoisotopic (exact) mass is 225 g/mol. The lowest BCUT2D eigenvalue weighted by molar-refractivity contribution is 0.125. The van der Waals surface area contributed by atoms with Gasteiger partial charge in [0.25, 0.3) is 0 Å². The summed E-state index contributed by atoms with van der Waals surface area (Å²) >= 11 is 1.71. The van der Waals surface area contributed by atoms with Crippen molar-refractivity contribution in [2.75, 3.05) is 24.8 Å². The average molecular weight is 225 g/mol. The number of nitrogens with one attached hydrogen (secondary N) is 1. The predicted molar refractivity (Wildman–Crippen MR) is 62.5 cm³/mol. The first-order valence-corrected chi connectivity index (χ1v) is 6.18. The first-order chi connectivity index (χ1) is 7.29. The molecule has 2 atom stereocenters. The molecule has 82 valence electrons. The normalized spacial score (nSPS) is 25.5. The number of aliphatic hydroxyl groups is 1. The Morgan fingerprint density at radius 3 is 3.00 bits per heavy atom. The summed E-state index contributed by atoms with van der Waals surface area (Å²) < 4.78 is 5.18. The van der Waals surface area contributed by atoms with Crippen LogP contribution >= 0.6 is 11.8 Å². The van der Waals surface area contributed by atoms with Gasteiger partial charge in [0.2, 0.25) is 0 Å². The van der Waals surface area contributed by atoms with Crippen LogP contribution in [-0.4, -0.2) is 36.7 Å². The zero-order valence-corrected chi connectivity index (χ0v) is 9.46. The van der Waals surface area contributed by atoms with Crippen LogP contribution in [-0.2, 0) is 4.74 Å². The Morgan fingerprint density at radius 2 is 2.33 bits per heavy atom. The fourth-order valence-corrected chi connectivity index (χ4v) is 2.07. The second-order valence-electron chi connectivity index (χ2n) is 3.59. The van der Waals surface area contributed by atoms with Crippen LogP contribution in [0.25, 0.3) is 0 Å². The van der Waals surface area contributed by atoms with Gasteiger partial charge in [-0.15, -0.1) is 11.8 Å². The van der Waals surface area contributed by atoms with Gasteiger partial charge in [0, 0.05) is 10.6 Å². The Bertz CT molecular complexity index is 332. The number of anilines is 1. The largest absolute Gasteiger partial charge is 0.388 e. The van der Waals surface area contributed by atoms with Crippen molar-refractivity contribution < 1.29 is 9.84 Å². The van der Waals surface area contributed by atoms with E-state index in [1.54, 1.807) is 11.8 Å². The molecule has 0 amide bonds. The van der Waals surface area contributed by atoms with Crippen molar-refractivity contribution in [3.8, 4) is 0 Å². The third kappa shape index (κ3) is 2.65. The fourth-order valence-electron chi connectivity index (χ4n) is 1.61. The summed E-state index contributed by atoms with van der Waals surface area (Å²) in [6.07, 6.45) is 1.65. The highest BCUT2D eigenvalue weighted by Gasteiger charge is 2.25. The van der Waals surface area contributed by atoms with Crippen molar-refractivity contribution in [3.05, 3.63) is 24.3 Å². The smallest absolute Gasteiger partial charge is 0.0996 e. The Morgan fingerprint density at radius 1 is 1.47 bits per heavy atom. The number of hydrogen-bond donors (Lipinski definition) is 2. The van der Waals surface area contributed by atoms with Crippen molar-refractivity contribution >= 4 is 17.4 Å². The molecule has 1 saturated heterocycles. The molecular formula is C11H15NO2S. The van der Waals surface area contributed by atoms with Crippen LogP contribution in [0, 0.1) is 0 Å². The van der Waals surface area contributed by atoms with Crippen molar-refractivity contribution in [1.29, 1.82) is 0 Å². The van der Waals surface area contributed by atoms with Crippen LogP contribution < -0.4 is 5.32 Å². The van der Waals surface area contributed by atoms with E-state index in [1.165, 1.54) is 4.90 Å². The molecule has 1 aromatic carbocycles. The average Bonchev–Trinajstić information content (AvgIpc) is 2.65. The van der Waals surface area contributed by atoms with E-state index in [4.69, 9.17) is 4.74 Å². The Balaban J connectivity index is 2.03. The quantitative estimate of drug-likeness (QED) is 0.766. The van der Waals surface area contributed by atoms with Gasteiger partial charge in [0.05, 0.1) is 25.4 Å². The molecule has 0 aromatic heterocycles. The zero-order chi connectivity index (χ0) is 10.7. The minimum absolute atomic E-state index is 0.0158. The van der Waals surface area contributed by atoms with Crippen LogP contribution in [0.3, 0.4) is 0 Å². The lowest BCUT2D eigenvalue weighted by Crippen LogP contribution is -2.31. The molecular weight excluding hydrogens is 210 g/mol. The second-order valence-corrected chi connectivity index (χ2v) is 4.47. The Hall–Kier alpha value is -0.710. The van der Waals surface area contributed by atoms with Gasteiger partial charge in [-0.2, -0.15) is 0 Å². The van der Waals surface area contributed by atoms with E-state index in [0.29, 0.717) is 13.2 Å². The second kappa shape index (κ2) is 4.88. The molecule has 0 radical (unpaired) electrons. The predicted octanol–water partition coefficient (Wildman–Crippen LogP) is 1.58. The summed E-state index contributed by atoms with van der Waals surface area (Å²) in [6, 6.07) is 8.18. The van der Waals surface area contributed by atoms with E-state index in [2.05, 4.69) is 17.4 Å². The van der Waals surface area contributed by atoms with Gasteiger partial charge in [-0.3, -0.25) is 0 Å². The SMILES string of the molecule is CSc1cccc(NC2COCC2O)c1. The molecule has 2 unspecified atom stereocenters. The van der Waals surface area contributed by atoms with Gasteiger partial charge in [0.15, 0.2) is 0 Å². The zero-order valence-electron chi connectivity index (χ0n) is 8.64. The molecule has 0 bridgehead atoms. The van der Waals surface area contributed by atoms with E-state index in [0.717, 1.165) is 5.69 Å². The maximum absolute atomic E-state index is 9.58. The molecule has 3 nitrogen and oxygen atoms in total. The van der Waals surface area contributed by atoms with Crippen LogP contribution in [0.4, 0.5) is 5.69 Å². The number of rotatable bonds is 3. The molecule has 0 spiro atoms. The lowest BCUT2D eigenvalue weighted by Gasteiger charge is -2.16. The Kier molecular flexibility index (Phi) is 3.51. The summed E-state index contributed by atoms with van der Waals surface area (Å²) in [5.74, 6) is 0. The summed E-state index contributed by atoms with van der Waals surface area (Å²) in [6.45, 7) is 1.00. The molecule has 2 rings (SSSR count). The van der Waals surface area contributed by atoms with Gasteiger partial charge in [-0.1, -0.05) is 6.07 Å². The highest BCUT2D eigenvalue weighted by molar-refractivity contribution is 7.98. The standard InChI is InChI=1S/C11H15NO2S/c1-15-9-4-2-3-8(5-9)12-10-6-14-7-11(10)13/h2-5,10-13H,6-7H2,1H3. The van der Waals surface area contributed by atoms with Gasteiger partial charge >= 0.3 is 0 Å². The first-order valence-electron chi connectivity index (χ1n) is 4.96. The third-order valence-corrected chi connectivity index (χ3v) is 3.20. The number of ether oxygens (including phenoxy) is 1. The molecule has 0 saturated carbocycles. The number of aliphatic hydroxyl groups excluding tert-OH is 1. The van der Waals surface area contributed by atoms with Crippen molar-refractivity contribution in [1.82, 2.24) is 0 Å². The van der Waals surface area contributed by atoms with E-state index in [-0.39, 0.29) is 6.04 Å². The molecule has 4 heteroatoms. The van der Waals surface area contributed by atoms with E-state index < -0.39 is 6.10 Å². The van der Waals surface area contributed by atoms with Crippen LogP contribution in [0.1, 0.15) is 0 Å². The van der Waals surface area contributed by atoms with Crippen molar-refractivity contribution in [3.63, 3.8) is 0 Å². The van der Waals surface area contributed by atoms with Gasteiger partial charge in [-0.25, -0.2) is 0 Å². The van der Waals surface area contributed by atoms with Gasteiger partial charge < -0.3 is 15.2 Å². The molecule has 1 heterocycles. The minimum atomic E-state index is -0.400. The minimum Gasteiger partial charge on any atom is -0.388 e.